The number of imidazole rings is 1. The van der Waals surface area contributed by atoms with E-state index in [4.69, 9.17) is 17.3 Å². The molecule has 0 saturated carbocycles. The highest BCUT2D eigenvalue weighted by Crippen LogP contribution is 2.25. The van der Waals surface area contributed by atoms with Crippen LogP contribution in [0.1, 0.15) is 5.01 Å². The fourth-order valence-corrected chi connectivity index (χ4v) is 2.73. The van der Waals surface area contributed by atoms with Crippen molar-refractivity contribution >= 4 is 39.9 Å². The standard InChI is InChI=1S/C12H10ClFN4S/c13-7-5-10-9(6-8(7)14)17-12(15)18(10)3-1-11-16-2-4-19-11/h2,4-6H,1,3H2,(H2,15,17). The van der Waals surface area contributed by atoms with Crippen LogP contribution < -0.4 is 5.73 Å². The Balaban J connectivity index is 1.98. The second kappa shape index (κ2) is 4.79. The van der Waals surface area contributed by atoms with Gasteiger partial charge >= 0.3 is 0 Å². The van der Waals surface area contributed by atoms with Gasteiger partial charge in [-0.1, -0.05) is 11.6 Å². The zero-order valence-corrected chi connectivity index (χ0v) is 11.4. The topological polar surface area (TPSA) is 56.7 Å². The largest absolute Gasteiger partial charge is 0.369 e. The van der Waals surface area contributed by atoms with Crippen LogP contribution in [0.3, 0.4) is 0 Å². The minimum atomic E-state index is -0.487. The Labute approximate surface area is 117 Å². The maximum absolute atomic E-state index is 13.4. The quantitative estimate of drug-likeness (QED) is 0.808. The fraction of sp³-hybridized carbons (Fsp3) is 0.167. The maximum Gasteiger partial charge on any atom is 0.201 e. The summed E-state index contributed by atoms with van der Waals surface area (Å²) in [5.41, 5.74) is 7.11. The van der Waals surface area contributed by atoms with Gasteiger partial charge in [0.1, 0.15) is 5.82 Å². The summed E-state index contributed by atoms with van der Waals surface area (Å²) in [5.74, 6) is -0.132. The summed E-state index contributed by atoms with van der Waals surface area (Å²) in [5, 5.41) is 3.02. The minimum absolute atomic E-state index is 0.0721. The number of anilines is 1. The highest BCUT2D eigenvalue weighted by Gasteiger charge is 2.12. The second-order valence-electron chi connectivity index (χ2n) is 4.05. The van der Waals surface area contributed by atoms with Crippen molar-refractivity contribution in [2.75, 3.05) is 5.73 Å². The summed E-state index contributed by atoms with van der Waals surface area (Å²) in [6, 6.07) is 2.85. The molecule has 0 fully saturated rings. The molecule has 0 radical (unpaired) electrons. The van der Waals surface area contributed by atoms with Gasteiger partial charge in [0.15, 0.2) is 0 Å². The van der Waals surface area contributed by atoms with Crippen molar-refractivity contribution in [1.82, 2.24) is 14.5 Å². The molecule has 2 N–H and O–H groups in total. The Morgan fingerprint density at radius 1 is 1.42 bits per heavy atom. The Hall–Kier alpha value is -1.66. The molecule has 98 valence electrons. The number of halogens is 2. The van der Waals surface area contributed by atoms with E-state index in [-0.39, 0.29) is 5.02 Å². The molecule has 0 spiro atoms. The molecule has 0 unspecified atom stereocenters. The van der Waals surface area contributed by atoms with Gasteiger partial charge in [0.2, 0.25) is 5.95 Å². The first-order valence-electron chi connectivity index (χ1n) is 5.64. The number of fused-ring (bicyclic) bond motifs is 1. The summed E-state index contributed by atoms with van der Waals surface area (Å²) in [6.45, 7) is 0.637. The minimum Gasteiger partial charge on any atom is -0.369 e. The van der Waals surface area contributed by atoms with Gasteiger partial charge in [-0.15, -0.1) is 11.3 Å². The van der Waals surface area contributed by atoms with Crippen LogP contribution in [0.25, 0.3) is 11.0 Å². The van der Waals surface area contributed by atoms with Crippen LogP contribution in [-0.4, -0.2) is 14.5 Å². The Kier molecular flexibility index (Phi) is 3.12. The molecule has 19 heavy (non-hydrogen) atoms. The molecule has 0 saturated heterocycles. The molecule has 0 bridgehead atoms. The molecule has 0 atom stereocenters. The van der Waals surface area contributed by atoms with E-state index in [0.717, 1.165) is 16.9 Å². The molecule has 4 nitrogen and oxygen atoms in total. The molecular weight excluding hydrogens is 287 g/mol. The molecule has 0 amide bonds. The third-order valence-corrected chi connectivity index (χ3v) is 3.98. The molecule has 3 aromatic rings. The Bertz CT molecular complexity index is 723. The van der Waals surface area contributed by atoms with Gasteiger partial charge in [0.25, 0.3) is 0 Å². The van der Waals surface area contributed by atoms with E-state index >= 15 is 0 Å². The SMILES string of the molecule is Nc1nc2cc(F)c(Cl)cc2n1CCc1nccs1. The predicted molar refractivity (Wildman–Crippen MR) is 74.9 cm³/mol. The van der Waals surface area contributed by atoms with Gasteiger partial charge < -0.3 is 10.3 Å². The lowest BCUT2D eigenvalue weighted by Crippen LogP contribution is -2.05. The lowest BCUT2D eigenvalue weighted by atomic mass is 10.3. The molecule has 0 aliphatic rings. The van der Waals surface area contributed by atoms with E-state index < -0.39 is 5.82 Å². The van der Waals surface area contributed by atoms with E-state index in [1.54, 1.807) is 23.6 Å². The van der Waals surface area contributed by atoms with E-state index in [1.165, 1.54) is 6.07 Å². The molecular formula is C12H10ClFN4S. The highest BCUT2D eigenvalue weighted by molar-refractivity contribution is 7.09. The van der Waals surface area contributed by atoms with Crippen molar-refractivity contribution in [3.8, 4) is 0 Å². The fourth-order valence-electron chi connectivity index (χ4n) is 1.96. The monoisotopic (exact) mass is 296 g/mol. The molecule has 2 aromatic heterocycles. The smallest absolute Gasteiger partial charge is 0.201 e. The zero-order chi connectivity index (χ0) is 13.4. The van der Waals surface area contributed by atoms with Gasteiger partial charge in [-0.3, -0.25) is 0 Å². The molecule has 0 aliphatic heterocycles. The lowest BCUT2D eigenvalue weighted by molar-refractivity contribution is 0.629. The highest BCUT2D eigenvalue weighted by atomic mass is 35.5. The van der Waals surface area contributed by atoms with Crippen LogP contribution in [0.4, 0.5) is 10.3 Å². The first-order valence-corrected chi connectivity index (χ1v) is 6.90. The van der Waals surface area contributed by atoms with Gasteiger partial charge in [-0.25, -0.2) is 14.4 Å². The van der Waals surface area contributed by atoms with Crippen molar-refractivity contribution in [1.29, 1.82) is 0 Å². The average Bonchev–Trinajstić information content (AvgIpc) is 2.96. The number of hydrogen-bond donors (Lipinski definition) is 1. The number of nitrogens with zero attached hydrogens (tertiary/aromatic N) is 3. The van der Waals surface area contributed by atoms with Crippen molar-refractivity contribution in [2.24, 2.45) is 0 Å². The summed E-state index contributed by atoms with van der Waals surface area (Å²) in [6.07, 6.45) is 2.52. The number of thiazole rings is 1. The number of nitrogen functional groups attached to an aromatic ring is 1. The van der Waals surface area contributed by atoms with Gasteiger partial charge in [0, 0.05) is 30.6 Å². The molecule has 0 aliphatic carbocycles. The van der Waals surface area contributed by atoms with Crippen molar-refractivity contribution in [3.05, 3.63) is 39.6 Å². The Morgan fingerprint density at radius 2 is 2.26 bits per heavy atom. The van der Waals surface area contributed by atoms with Crippen molar-refractivity contribution < 1.29 is 4.39 Å². The van der Waals surface area contributed by atoms with Crippen LogP contribution in [0.15, 0.2) is 23.7 Å². The van der Waals surface area contributed by atoms with Crippen LogP contribution in [0, 0.1) is 5.82 Å². The third-order valence-electron chi connectivity index (χ3n) is 2.85. The van der Waals surface area contributed by atoms with E-state index in [9.17, 15) is 4.39 Å². The number of hydrogen-bond acceptors (Lipinski definition) is 4. The molecule has 3 rings (SSSR count). The number of aryl methyl sites for hydroxylation is 2. The Morgan fingerprint density at radius 3 is 3.00 bits per heavy atom. The normalized spacial score (nSPS) is 11.3. The number of rotatable bonds is 3. The maximum atomic E-state index is 13.4. The van der Waals surface area contributed by atoms with Crippen molar-refractivity contribution in [3.63, 3.8) is 0 Å². The number of aromatic nitrogens is 3. The van der Waals surface area contributed by atoms with E-state index in [1.807, 2.05) is 9.95 Å². The molecule has 2 heterocycles. The summed E-state index contributed by atoms with van der Waals surface area (Å²) >= 11 is 7.39. The first-order chi connectivity index (χ1) is 9.15. The van der Waals surface area contributed by atoms with Crippen LogP contribution >= 0.6 is 22.9 Å². The lowest BCUT2D eigenvalue weighted by Gasteiger charge is -2.05. The second-order valence-corrected chi connectivity index (χ2v) is 5.44. The summed E-state index contributed by atoms with van der Waals surface area (Å²) in [4.78, 5) is 8.36. The summed E-state index contributed by atoms with van der Waals surface area (Å²) < 4.78 is 15.2. The summed E-state index contributed by atoms with van der Waals surface area (Å²) in [7, 11) is 0. The van der Waals surface area contributed by atoms with Gasteiger partial charge in [-0.2, -0.15) is 0 Å². The van der Waals surface area contributed by atoms with E-state index in [2.05, 4.69) is 9.97 Å². The first kappa shape index (κ1) is 12.4. The van der Waals surface area contributed by atoms with Crippen LogP contribution in [0.2, 0.25) is 5.02 Å². The zero-order valence-electron chi connectivity index (χ0n) is 9.81. The van der Waals surface area contributed by atoms with Crippen molar-refractivity contribution in [2.45, 2.75) is 13.0 Å². The molecule has 7 heteroatoms. The van der Waals surface area contributed by atoms with Crippen LogP contribution in [-0.2, 0) is 13.0 Å². The molecule has 1 aromatic carbocycles. The number of nitrogens with two attached hydrogens (primary N) is 1. The van der Waals surface area contributed by atoms with E-state index in [0.29, 0.717) is 18.0 Å². The third kappa shape index (κ3) is 2.29. The van der Waals surface area contributed by atoms with Crippen LogP contribution in [0.5, 0.6) is 0 Å². The number of benzene rings is 1. The average molecular weight is 297 g/mol. The predicted octanol–water partition coefficient (Wildman–Crippen LogP) is 3.11. The van der Waals surface area contributed by atoms with Gasteiger partial charge in [-0.05, 0) is 6.07 Å². The van der Waals surface area contributed by atoms with Gasteiger partial charge in [0.05, 0.1) is 21.1 Å².